The van der Waals surface area contributed by atoms with Gasteiger partial charge in [0.2, 0.25) is 10.0 Å². The first-order chi connectivity index (χ1) is 8.93. The summed E-state index contributed by atoms with van der Waals surface area (Å²) < 4.78 is 25.9. The zero-order valence-electron chi connectivity index (χ0n) is 11.2. The molecule has 0 saturated carbocycles. The van der Waals surface area contributed by atoms with Gasteiger partial charge in [-0.2, -0.15) is 0 Å². The molecule has 0 atom stereocenters. The molecule has 0 amide bonds. The van der Waals surface area contributed by atoms with Crippen LogP contribution in [0, 0.1) is 17.8 Å². The predicted octanol–water partition coefficient (Wildman–Crippen LogP) is 1.11. The summed E-state index contributed by atoms with van der Waals surface area (Å²) in [5.74, 6) is 5.57. The number of benzene rings is 1. The Morgan fingerprint density at radius 1 is 1.26 bits per heavy atom. The minimum absolute atomic E-state index is 0.105. The van der Waals surface area contributed by atoms with Crippen LogP contribution < -0.4 is 4.72 Å². The summed E-state index contributed by atoms with van der Waals surface area (Å²) in [6.07, 6.45) is 0. The molecule has 5 heteroatoms. The Bertz CT molecular complexity index is 551. The molecule has 104 valence electrons. The molecule has 0 aromatic heterocycles. The number of sulfonamides is 1. The first kappa shape index (κ1) is 15.7. The molecule has 0 spiro atoms. The van der Waals surface area contributed by atoms with Crippen molar-refractivity contribution in [2.45, 2.75) is 20.4 Å². The van der Waals surface area contributed by atoms with Crippen molar-refractivity contribution < 1.29 is 13.5 Å². The zero-order valence-corrected chi connectivity index (χ0v) is 12.0. The Labute approximate surface area is 114 Å². The molecule has 0 bridgehead atoms. The minimum atomic E-state index is -3.21. The largest absolute Gasteiger partial charge is 0.384 e. The van der Waals surface area contributed by atoms with Gasteiger partial charge in [-0.05, 0) is 23.6 Å². The van der Waals surface area contributed by atoms with Gasteiger partial charge in [-0.15, -0.1) is 0 Å². The second-order valence-corrected chi connectivity index (χ2v) is 6.50. The molecule has 19 heavy (non-hydrogen) atoms. The highest BCUT2D eigenvalue weighted by molar-refractivity contribution is 7.89. The Morgan fingerprint density at radius 2 is 1.89 bits per heavy atom. The van der Waals surface area contributed by atoms with Gasteiger partial charge in [-0.3, -0.25) is 0 Å². The van der Waals surface area contributed by atoms with Crippen molar-refractivity contribution in [1.82, 2.24) is 4.72 Å². The standard InChI is InChI=1S/C14H19NO3S/c1-12(2)11-19(17,18)15-10-14-7-5-13(6-8-14)4-3-9-16/h5-8,12,15-16H,9-11H2,1-2H3. The average molecular weight is 281 g/mol. The van der Waals surface area contributed by atoms with Gasteiger partial charge in [-0.25, -0.2) is 13.1 Å². The molecule has 0 radical (unpaired) electrons. The van der Waals surface area contributed by atoms with Crippen LogP contribution in [0.5, 0.6) is 0 Å². The smallest absolute Gasteiger partial charge is 0.212 e. The molecule has 1 rings (SSSR count). The fraction of sp³-hybridized carbons (Fsp3) is 0.429. The maximum Gasteiger partial charge on any atom is 0.212 e. The molecular formula is C14H19NO3S. The van der Waals surface area contributed by atoms with Crippen molar-refractivity contribution in [2.24, 2.45) is 5.92 Å². The quantitative estimate of drug-likeness (QED) is 0.794. The summed E-state index contributed by atoms with van der Waals surface area (Å²) in [4.78, 5) is 0. The lowest BCUT2D eigenvalue weighted by atomic mass is 10.1. The number of hydrogen-bond donors (Lipinski definition) is 2. The van der Waals surface area contributed by atoms with Crippen LogP contribution >= 0.6 is 0 Å². The van der Waals surface area contributed by atoms with Crippen molar-refractivity contribution in [3.8, 4) is 11.8 Å². The third kappa shape index (κ3) is 6.39. The van der Waals surface area contributed by atoms with Gasteiger partial charge in [0, 0.05) is 12.1 Å². The lowest BCUT2D eigenvalue weighted by molar-refractivity contribution is 0.350. The molecule has 0 aliphatic heterocycles. The Kier molecular flexibility index (Phi) is 6.03. The summed E-state index contributed by atoms with van der Waals surface area (Å²) in [5.41, 5.74) is 1.67. The van der Waals surface area contributed by atoms with Gasteiger partial charge >= 0.3 is 0 Å². The Hall–Kier alpha value is -1.35. The average Bonchev–Trinajstić information content (AvgIpc) is 2.34. The van der Waals surface area contributed by atoms with Crippen molar-refractivity contribution in [1.29, 1.82) is 0 Å². The SMILES string of the molecule is CC(C)CS(=O)(=O)NCc1ccc(C#CCO)cc1. The van der Waals surface area contributed by atoms with E-state index in [0.29, 0.717) is 0 Å². The first-order valence-electron chi connectivity index (χ1n) is 6.09. The molecule has 0 aliphatic rings. The van der Waals surface area contributed by atoms with Crippen LogP contribution in [0.15, 0.2) is 24.3 Å². The van der Waals surface area contributed by atoms with Crippen LogP contribution in [0.2, 0.25) is 0 Å². The van der Waals surface area contributed by atoms with Crippen LogP contribution in [0.25, 0.3) is 0 Å². The molecular weight excluding hydrogens is 262 g/mol. The Morgan fingerprint density at radius 3 is 2.42 bits per heavy atom. The highest BCUT2D eigenvalue weighted by Crippen LogP contribution is 2.05. The predicted molar refractivity (Wildman–Crippen MR) is 75.9 cm³/mol. The van der Waals surface area contributed by atoms with Crippen LogP contribution in [0.1, 0.15) is 25.0 Å². The van der Waals surface area contributed by atoms with Gasteiger partial charge in [0.15, 0.2) is 0 Å². The fourth-order valence-corrected chi connectivity index (χ4v) is 2.92. The third-order valence-electron chi connectivity index (χ3n) is 2.31. The summed E-state index contributed by atoms with van der Waals surface area (Å²) in [6, 6.07) is 7.24. The van der Waals surface area contributed by atoms with Crippen LogP contribution in [0.4, 0.5) is 0 Å². The van der Waals surface area contributed by atoms with E-state index in [4.69, 9.17) is 5.11 Å². The van der Waals surface area contributed by atoms with E-state index in [2.05, 4.69) is 16.6 Å². The van der Waals surface area contributed by atoms with Gasteiger partial charge in [0.05, 0.1) is 5.75 Å². The van der Waals surface area contributed by atoms with E-state index in [9.17, 15) is 8.42 Å². The van der Waals surface area contributed by atoms with Gasteiger partial charge in [-0.1, -0.05) is 37.8 Å². The molecule has 4 nitrogen and oxygen atoms in total. The lowest BCUT2D eigenvalue weighted by Gasteiger charge is -2.08. The highest BCUT2D eigenvalue weighted by atomic mass is 32.2. The van der Waals surface area contributed by atoms with E-state index in [1.807, 2.05) is 26.0 Å². The van der Waals surface area contributed by atoms with E-state index < -0.39 is 10.0 Å². The van der Waals surface area contributed by atoms with Crippen molar-refractivity contribution in [3.63, 3.8) is 0 Å². The van der Waals surface area contributed by atoms with E-state index in [-0.39, 0.29) is 24.8 Å². The summed E-state index contributed by atoms with van der Waals surface area (Å²) in [6.45, 7) is 3.85. The van der Waals surface area contributed by atoms with E-state index in [0.717, 1.165) is 11.1 Å². The van der Waals surface area contributed by atoms with Crippen molar-refractivity contribution in [3.05, 3.63) is 35.4 Å². The molecule has 0 saturated heterocycles. The van der Waals surface area contributed by atoms with Crippen LogP contribution in [0.3, 0.4) is 0 Å². The normalized spacial score (nSPS) is 11.2. The maximum atomic E-state index is 11.7. The number of aliphatic hydroxyl groups is 1. The Balaban J connectivity index is 2.59. The third-order valence-corrected chi connectivity index (χ3v) is 4.00. The summed E-state index contributed by atoms with van der Waals surface area (Å²) in [5, 5.41) is 8.58. The molecule has 0 unspecified atom stereocenters. The molecule has 0 aliphatic carbocycles. The monoisotopic (exact) mass is 281 g/mol. The molecule has 1 aromatic carbocycles. The topological polar surface area (TPSA) is 66.4 Å². The zero-order chi connectivity index (χ0) is 14.3. The van der Waals surface area contributed by atoms with Crippen LogP contribution in [-0.2, 0) is 16.6 Å². The van der Waals surface area contributed by atoms with Gasteiger partial charge < -0.3 is 5.11 Å². The fourth-order valence-electron chi connectivity index (χ4n) is 1.54. The second-order valence-electron chi connectivity index (χ2n) is 4.65. The number of nitrogens with one attached hydrogen (secondary N) is 1. The second kappa shape index (κ2) is 7.29. The van der Waals surface area contributed by atoms with Gasteiger partial charge in [0.25, 0.3) is 0 Å². The molecule has 0 heterocycles. The number of rotatable bonds is 5. The molecule has 1 aromatic rings. The lowest BCUT2D eigenvalue weighted by Crippen LogP contribution is -2.28. The molecule has 2 N–H and O–H groups in total. The van der Waals surface area contributed by atoms with E-state index >= 15 is 0 Å². The number of hydrogen-bond acceptors (Lipinski definition) is 3. The maximum absolute atomic E-state index is 11.7. The van der Waals surface area contributed by atoms with E-state index in [1.54, 1.807) is 12.1 Å². The highest BCUT2D eigenvalue weighted by Gasteiger charge is 2.11. The van der Waals surface area contributed by atoms with Crippen molar-refractivity contribution in [2.75, 3.05) is 12.4 Å². The first-order valence-corrected chi connectivity index (χ1v) is 7.74. The van der Waals surface area contributed by atoms with Crippen LogP contribution in [-0.4, -0.2) is 25.9 Å². The minimum Gasteiger partial charge on any atom is -0.384 e. The molecule has 0 fully saturated rings. The summed E-state index contributed by atoms with van der Waals surface area (Å²) >= 11 is 0. The van der Waals surface area contributed by atoms with Crippen molar-refractivity contribution >= 4 is 10.0 Å². The van der Waals surface area contributed by atoms with E-state index in [1.165, 1.54) is 0 Å². The number of aliphatic hydroxyl groups excluding tert-OH is 1. The summed E-state index contributed by atoms with van der Waals surface area (Å²) in [7, 11) is -3.21. The van der Waals surface area contributed by atoms with Gasteiger partial charge in [0.1, 0.15) is 6.61 Å².